The number of rotatable bonds is 5. The maximum Gasteiger partial charge on any atom is 0.220 e. The Bertz CT molecular complexity index is 471. The van der Waals surface area contributed by atoms with Crippen molar-refractivity contribution in [2.75, 3.05) is 13.1 Å². The minimum absolute atomic E-state index is 0.244. The van der Waals surface area contributed by atoms with Crippen LogP contribution >= 0.6 is 11.3 Å². The van der Waals surface area contributed by atoms with Crippen molar-refractivity contribution in [3.05, 3.63) is 22.4 Å². The number of carbonyl (C=O) groups excluding carboxylic acids is 1. The van der Waals surface area contributed by atoms with Gasteiger partial charge in [0.2, 0.25) is 5.91 Å². The molecule has 0 radical (unpaired) electrons. The number of carbonyl (C=O) groups is 1. The van der Waals surface area contributed by atoms with E-state index in [0.717, 1.165) is 18.3 Å². The molecule has 22 heavy (non-hydrogen) atoms. The molecule has 1 aliphatic heterocycles. The lowest BCUT2D eigenvalue weighted by Gasteiger charge is -2.48. The van der Waals surface area contributed by atoms with Gasteiger partial charge in [-0.3, -0.25) is 4.79 Å². The van der Waals surface area contributed by atoms with Gasteiger partial charge in [0.1, 0.15) is 0 Å². The molecule has 1 saturated carbocycles. The summed E-state index contributed by atoms with van der Waals surface area (Å²) >= 11 is 1.71. The predicted octanol–water partition coefficient (Wildman–Crippen LogP) is 3.51. The first-order valence-corrected chi connectivity index (χ1v) is 9.54. The van der Waals surface area contributed by atoms with Gasteiger partial charge >= 0.3 is 0 Å². The summed E-state index contributed by atoms with van der Waals surface area (Å²) in [6, 6.07) is 4.76. The Morgan fingerprint density at radius 3 is 2.68 bits per heavy atom. The lowest BCUT2D eigenvalue weighted by Crippen LogP contribution is -2.51. The molecule has 1 unspecified atom stereocenters. The van der Waals surface area contributed by atoms with Crippen molar-refractivity contribution in [2.45, 2.75) is 52.1 Å². The summed E-state index contributed by atoms with van der Waals surface area (Å²) in [5, 5.41) is 5.18. The predicted molar refractivity (Wildman–Crippen MR) is 91.8 cm³/mol. The van der Waals surface area contributed by atoms with Crippen LogP contribution in [0.3, 0.4) is 0 Å². The van der Waals surface area contributed by atoms with Crippen molar-refractivity contribution in [3.8, 4) is 0 Å². The third kappa shape index (κ3) is 3.72. The average Bonchev–Trinajstić information content (AvgIpc) is 2.97. The van der Waals surface area contributed by atoms with Crippen LogP contribution in [0, 0.1) is 17.8 Å². The summed E-state index contributed by atoms with van der Waals surface area (Å²) in [5.74, 6) is 2.30. The molecule has 0 aromatic carbocycles. The number of hydrogen-bond donors (Lipinski definition) is 1. The van der Waals surface area contributed by atoms with Crippen LogP contribution in [0.1, 0.15) is 44.4 Å². The van der Waals surface area contributed by atoms with Gasteiger partial charge in [-0.1, -0.05) is 12.5 Å². The van der Waals surface area contributed by atoms with Gasteiger partial charge in [0.25, 0.3) is 0 Å². The maximum atomic E-state index is 12.3. The van der Waals surface area contributed by atoms with E-state index in [-0.39, 0.29) is 5.91 Å². The van der Waals surface area contributed by atoms with E-state index in [9.17, 15) is 4.79 Å². The van der Waals surface area contributed by atoms with Gasteiger partial charge in [0.15, 0.2) is 0 Å². The monoisotopic (exact) mass is 320 g/mol. The highest BCUT2D eigenvalue weighted by Crippen LogP contribution is 2.42. The van der Waals surface area contributed by atoms with Gasteiger partial charge in [-0.05, 0) is 55.9 Å². The Morgan fingerprint density at radius 2 is 2.09 bits per heavy atom. The number of nitrogens with one attached hydrogen (secondary N) is 1. The van der Waals surface area contributed by atoms with Gasteiger partial charge in [0, 0.05) is 30.4 Å². The zero-order valence-electron chi connectivity index (χ0n) is 13.8. The van der Waals surface area contributed by atoms with Crippen LogP contribution in [0.15, 0.2) is 17.5 Å². The van der Waals surface area contributed by atoms with E-state index in [1.54, 1.807) is 11.3 Å². The number of fused-ring (bicyclic) bond motifs is 2. The van der Waals surface area contributed by atoms with Crippen LogP contribution in [0.4, 0.5) is 0 Å². The third-order valence-corrected chi connectivity index (χ3v) is 6.37. The summed E-state index contributed by atoms with van der Waals surface area (Å²) in [6.07, 6.45) is 4.70. The largest absolute Gasteiger partial charge is 0.351 e. The number of nitrogens with zero attached hydrogens (tertiary/aromatic N) is 1. The first kappa shape index (κ1) is 16.0. The minimum Gasteiger partial charge on any atom is -0.351 e. The fourth-order valence-electron chi connectivity index (χ4n) is 4.23. The number of amides is 1. The molecule has 1 aliphatic carbocycles. The summed E-state index contributed by atoms with van der Waals surface area (Å²) in [5.41, 5.74) is 0. The first-order chi connectivity index (χ1) is 10.6. The SMILES string of the molecule is CC(C)N1C[C@H]2CCC[C@@H](C1)C2CC(=O)NCc1cccs1. The molecule has 2 bridgehead atoms. The Balaban J connectivity index is 1.54. The van der Waals surface area contributed by atoms with Gasteiger partial charge in [-0.15, -0.1) is 11.3 Å². The van der Waals surface area contributed by atoms with Crippen molar-refractivity contribution in [1.82, 2.24) is 10.2 Å². The molecule has 1 N–H and O–H groups in total. The van der Waals surface area contributed by atoms with Crippen LogP contribution in [0.2, 0.25) is 0 Å². The van der Waals surface area contributed by atoms with Gasteiger partial charge in [0.05, 0.1) is 6.54 Å². The highest BCUT2D eigenvalue weighted by Gasteiger charge is 2.40. The lowest BCUT2D eigenvalue weighted by atomic mass is 9.67. The molecule has 4 heteroatoms. The Hall–Kier alpha value is -0.870. The summed E-state index contributed by atoms with van der Waals surface area (Å²) < 4.78 is 0. The van der Waals surface area contributed by atoms with Crippen molar-refractivity contribution in [3.63, 3.8) is 0 Å². The number of thiophene rings is 1. The summed E-state index contributed by atoms with van der Waals surface area (Å²) in [6.45, 7) is 7.67. The Labute approximate surface area is 138 Å². The maximum absolute atomic E-state index is 12.3. The molecular formula is C18H28N2OS. The number of likely N-dealkylation sites (tertiary alicyclic amines) is 1. The molecule has 3 nitrogen and oxygen atoms in total. The first-order valence-electron chi connectivity index (χ1n) is 8.66. The Morgan fingerprint density at radius 1 is 1.36 bits per heavy atom. The summed E-state index contributed by atoms with van der Waals surface area (Å²) in [4.78, 5) is 16.2. The molecule has 1 amide bonds. The van der Waals surface area contributed by atoms with Gasteiger partial charge in [-0.2, -0.15) is 0 Å². The quantitative estimate of drug-likeness (QED) is 0.900. The fourth-order valence-corrected chi connectivity index (χ4v) is 4.87. The van der Waals surface area contributed by atoms with Crippen LogP contribution < -0.4 is 5.32 Å². The van der Waals surface area contributed by atoms with Crippen LogP contribution in [-0.2, 0) is 11.3 Å². The van der Waals surface area contributed by atoms with E-state index in [1.807, 2.05) is 6.07 Å². The highest BCUT2D eigenvalue weighted by molar-refractivity contribution is 7.09. The van der Waals surface area contributed by atoms with E-state index in [2.05, 4.69) is 35.5 Å². The van der Waals surface area contributed by atoms with E-state index in [1.165, 1.54) is 37.2 Å². The minimum atomic E-state index is 0.244. The van der Waals surface area contributed by atoms with E-state index in [0.29, 0.717) is 18.5 Å². The second-order valence-electron chi connectivity index (χ2n) is 7.22. The van der Waals surface area contributed by atoms with E-state index < -0.39 is 0 Å². The molecule has 1 aromatic heterocycles. The number of hydrogen-bond acceptors (Lipinski definition) is 3. The second-order valence-corrected chi connectivity index (χ2v) is 8.26. The molecule has 3 rings (SSSR count). The average molecular weight is 321 g/mol. The topological polar surface area (TPSA) is 32.3 Å². The fraction of sp³-hybridized carbons (Fsp3) is 0.722. The highest BCUT2D eigenvalue weighted by atomic mass is 32.1. The van der Waals surface area contributed by atoms with Crippen LogP contribution in [0.5, 0.6) is 0 Å². The lowest BCUT2D eigenvalue weighted by molar-refractivity contribution is -0.124. The van der Waals surface area contributed by atoms with Crippen LogP contribution in [-0.4, -0.2) is 29.9 Å². The van der Waals surface area contributed by atoms with Gasteiger partial charge in [-0.25, -0.2) is 0 Å². The molecule has 2 fully saturated rings. The summed E-state index contributed by atoms with van der Waals surface area (Å²) in [7, 11) is 0. The van der Waals surface area contributed by atoms with Crippen molar-refractivity contribution in [1.29, 1.82) is 0 Å². The zero-order chi connectivity index (χ0) is 15.5. The molecule has 1 aromatic rings. The molecule has 2 heterocycles. The van der Waals surface area contributed by atoms with E-state index >= 15 is 0 Å². The number of piperidine rings is 1. The Kier molecular flexibility index (Phi) is 5.19. The van der Waals surface area contributed by atoms with Crippen molar-refractivity contribution < 1.29 is 4.79 Å². The standard InChI is InChI=1S/C18H28N2OS/c1-13(2)20-11-14-5-3-6-15(12-20)17(14)9-18(21)19-10-16-7-4-8-22-16/h4,7-8,13-15,17H,3,5-6,9-12H2,1-2H3,(H,19,21)/t14-,15+,17?. The second kappa shape index (κ2) is 7.14. The normalized spacial score (nSPS) is 28.8. The zero-order valence-corrected chi connectivity index (χ0v) is 14.6. The molecule has 122 valence electrons. The molecule has 0 spiro atoms. The van der Waals surface area contributed by atoms with Crippen molar-refractivity contribution in [2.24, 2.45) is 17.8 Å². The molecule has 2 aliphatic rings. The molecule has 3 atom stereocenters. The van der Waals surface area contributed by atoms with Crippen molar-refractivity contribution >= 4 is 17.2 Å². The van der Waals surface area contributed by atoms with Gasteiger partial charge < -0.3 is 10.2 Å². The third-order valence-electron chi connectivity index (χ3n) is 5.49. The molecular weight excluding hydrogens is 292 g/mol. The molecule has 1 saturated heterocycles. The van der Waals surface area contributed by atoms with E-state index in [4.69, 9.17) is 0 Å². The van der Waals surface area contributed by atoms with Crippen LogP contribution in [0.25, 0.3) is 0 Å². The smallest absolute Gasteiger partial charge is 0.220 e.